The number of amides is 3. The first kappa shape index (κ1) is 20.7. The lowest BCUT2D eigenvalue weighted by Crippen LogP contribution is -2.45. The number of anilines is 2. The van der Waals surface area contributed by atoms with Gasteiger partial charge in [0.1, 0.15) is 0 Å². The maximum atomic E-state index is 12.6. The fourth-order valence-electron chi connectivity index (χ4n) is 3.53. The number of likely N-dealkylation sites (tertiary alicyclic amines) is 1. The molecule has 0 atom stereocenters. The van der Waals surface area contributed by atoms with E-state index in [0.717, 1.165) is 24.3 Å². The van der Waals surface area contributed by atoms with Crippen molar-refractivity contribution < 1.29 is 9.59 Å². The molecule has 2 aromatic carbocycles. The standard InChI is InChI=1S/C23H30N4O2/c1-26(2)23(29)27-16-13-19(14-17-27)22(28)25-21-10-8-20(9-11-21)24-15-12-18-6-4-3-5-7-18/h3-11,19,24H,12-17H2,1-2H3,(H,25,28). The van der Waals surface area contributed by atoms with Crippen molar-refractivity contribution in [2.75, 3.05) is 44.4 Å². The summed E-state index contributed by atoms with van der Waals surface area (Å²) in [6.07, 6.45) is 2.36. The fraction of sp³-hybridized carbons (Fsp3) is 0.391. The first-order valence-corrected chi connectivity index (χ1v) is 10.2. The molecule has 0 spiro atoms. The van der Waals surface area contributed by atoms with Crippen molar-refractivity contribution >= 4 is 23.3 Å². The van der Waals surface area contributed by atoms with Crippen LogP contribution in [0.4, 0.5) is 16.2 Å². The van der Waals surface area contributed by atoms with Crippen molar-refractivity contribution in [3.8, 4) is 0 Å². The van der Waals surface area contributed by atoms with Gasteiger partial charge in [-0.2, -0.15) is 0 Å². The zero-order valence-corrected chi connectivity index (χ0v) is 17.2. The maximum Gasteiger partial charge on any atom is 0.319 e. The lowest BCUT2D eigenvalue weighted by atomic mass is 9.96. The Balaban J connectivity index is 1.42. The van der Waals surface area contributed by atoms with E-state index in [4.69, 9.17) is 0 Å². The number of nitrogens with zero attached hydrogens (tertiary/aromatic N) is 2. The SMILES string of the molecule is CN(C)C(=O)N1CCC(C(=O)Nc2ccc(NCCc3ccccc3)cc2)CC1. The number of carbonyl (C=O) groups is 2. The summed E-state index contributed by atoms with van der Waals surface area (Å²) in [4.78, 5) is 27.9. The van der Waals surface area contributed by atoms with E-state index in [1.54, 1.807) is 23.9 Å². The van der Waals surface area contributed by atoms with Crippen LogP contribution in [0.15, 0.2) is 54.6 Å². The van der Waals surface area contributed by atoms with Gasteiger partial charge in [0.15, 0.2) is 0 Å². The van der Waals surface area contributed by atoms with Crippen molar-refractivity contribution in [2.24, 2.45) is 5.92 Å². The molecule has 0 unspecified atom stereocenters. The average molecular weight is 395 g/mol. The number of nitrogens with one attached hydrogen (secondary N) is 2. The van der Waals surface area contributed by atoms with Gasteiger partial charge < -0.3 is 20.4 Å². The van der Waals surface area contributed by atoms with Crippen molar-refractivity contribution in [1.29, 1.82) is 0 Å². The first-order chi connectivity index (χ1) is 14.0. The van der Waals surface area contributed by atoms with Crippen LogP contribution in [0, 0.1) is 5.92 Å². The highest BCUT2D eigenvalue weighted by Gasteiger charge is 2.27. The van der Waals surface area contributed by atoms with Gasteiger partial charge in [0, 0.05) is 51.0 Å². The molecule has 1 heterocycles. The van der Waals surface area contributed by atoms with E-state index >= 15 is 0 Å². The van der Waals surface area contributed by atoms with E-state index < -0.39 is 0 Å². The van der Waals surface area contributed by atoms with E-state index in [-0.39, 0.29) is 17.9 Å². The van der Waals surface area contributed by atoms with Crippen LogP contribution in [0.1, 0.15) is 18.4 Å². The molecule has 0 radical (unpaired) electrons. The Kier molecular flexibility index (Phi) is 7.11. The van der Waals surface area contributed by atoms with E-state index in [1.165, 1.54) is 5.56 Å². The van der Waals surface area contributed by atoms with Gasteiger partial charge in [-0.15, -0.1) is 0 Å². The van der Waals surface area contributed by atoms with Gasteiger partial charge in [-0.25, -0.2) is 4.79 Å². The predicted octanol–water partition coefficient (Wildman–Crippen LogP) is 3.67. The molecular weight excluding hydrogens is 364 g/mol. The largest absolute Gasteiger partial charge is 0.385 e. The average Bonchev–Trinajstić information content (AvgIpc) is 2.75. The summed E-state index contributed by atoms with van der Waals surface area (Å²) >= 11 is 0. The Bertz CT molecular complexity index is 797. The Morgan fingerprint density at radius 2 is 1.59 bits per heavy atom. The molecule has 0 bridgehead atoms. The molecule has 1 aliphatic heterocycles. The number of piperidine rings is 1. The normalized spacial score (nSPS) is 14.3. The highest BCUT2D eigenvalue weighted by molar-refractivity contribution is 5.92. The van der Waals surface area contributed by atoms with Crippen molar-refractivity contribution in [3.63, 3.8) is 0 Å². The molecule has 0 aliphatic carbocycles. The predicted molar refractivity (Wildman–Crippen MR) is 117 cm³/mol. The van der Waals surface area contributed by atoms with Gasteiger partial charge in [-0.05, 0) is 49.1 Å². The summed E-state index contributed by atoms with van der Waals surface area (Å²) in [5.41, 5.74) is 3.15. The van der Waals surface area contributed by atoms with Crippen LogP contribution in [0.3, 0.4) is 0 Å². The molecule has 1 saturated heterocycles. The molecule has 3 rings (SSSR count). The zero-order chi connectivity index (χ0) is 20.6. The molecule has 6 nitrogen and oxygen atoms in total. The van der Waals surface area contributed by atoms with Gasteiger partial charge in [0.2, 0.25) is 5.91 Å². The number of benzene rings is 2. The van der Waals surface area contributed by atoms with E-state index in [9.17, 15) is 9.59 Å². The fourth-order valence-corrected chi connectivity index (χ4v) is 3.53. The number of rotatable bonds is 6. The summed E-state index contributed by atoms with van der Waals surface area (Å²) in [5, 5.41) is 6.41. The monoisotopic (exact) mass is 394 g/mol. The van der Waals surface area contributed by atoms with Crippen molar-refractivity contribution in [2.45, 2.75) is 19.3 Å². The Hall–Kier alpha value is -3.02. The molecule has 29 heavy (non-hydrogen) atoms. The number of hydrogen-bond donors (Lipinski definition) is 2. The summed E-state index contributed by atoms with van der Waals surface area (Å²) < 4.78 is 0. The van der Waals surface area contributed by atoms with Crippen LogP contribution in [0.2, 0.25) is 0 Å². The third-order valence-electron chi connectivity index (χ3n) is 5.26. The van der Waals surface area contributed by atoms with E-state index in [2.05, 4.69) is 34.9 Å². The topological polar surface area (TPSA) is 64.7 Å². The van der Waals surface area contributed by atoms with Gasteiger partial charge in [-0.3, -0.25) is 4.79 Å². The number of carbonyl (C=O) groups excluding carboxylic acids is 2. The lowest BCUT2D eigenvalue weighted by molar-refractivity contribution is -0.121. The van der Waals surface area contributed by atoms with Crippen LogP contribution in [-0.2, 0) is 11.2 Å². The molecule has 1 aliphatic rings. The molecule has 1 fully saturated rings. The Morgan fingerprint density at radius 3 is 2.21 bits per heavy atom. The minimum atomic E-state index is -0.0510. The third-order valence-corrected chi connectivity index (χ3v) is 5.26. The van der Waals surface area contributed by atoms with Crippen LogP contribution in [0.25, 0.3) is 0 Å². The molecule has 0 saturated carbocycles. The second kappa shape index (κ2) is 9.96. The van der Waals surface area contributed by atoms with E-state index in [0.29, 0.717) is 25.9 Å². The number of hydrogen-bond acceptors (Lipinski definition) is 3. The van der Waals surface area contributed by atoms with Gasteiger partial charge in [0.05, 0.1) is 0 Å². The summed E-state index contributed by atoms with van der Waals surface area (Å²) in [6.45, 7) is 2.11. The Morgan fingerprint density at radius 1 is 0.966 bits per heavy atom. The molecular formula is C23H30N4O2. The van der Waals surface area contributed by atoms with Crippen LogP contribution >= 0.6 is 0 Å². The van der Waals surface area contributed by atoms with Crippen LogP contribution in [0.5, 0.6) is 0 Å². The molecule has 154 valence electrons. The summed E-state index contributed by atoms with van der Waals surface area (Å²) in [7, 11) is 3.50. The zero-order valence-electron chi connectivity index (χ0n) is 17.2. The van der Waals surface area contributed by atoms with Crippen molar-refractivity contribution in [3.05, 3.63) is 60.2 Å². The number of urea groups is 1. The second-order valence-corrected chi connectivity index (χ2v) is 7.67. The highest BCUT2D eigenvalue weighted by Crippen LogP contribution is 2.21. The third kappa shape index (κ3) is 5.98. The van der Waals surface area contributed by atoms with Gasteiger partial charge in [0.25, 0.3) is 0 Å². The van der Waals surface area contributed by atoms with Gasteiger partial charge in [-0.1, -0.05) is 30.3 Å². The van der Waals surface area contributed by atoms with Crippen LogP contribution in [-0.4, -0.2) is 55.5 Å². The Labute approximate surface area is 172 Å². The van der Waals surface area contributed by atoms with E-state index in [1.807, 2.05) is 30.3 Å². The molecule has 0 aromatic heterocycles. The quantitative estimate of drug-likeness (QED) is 0.786. The van der Waals surface area contributed by atoms with Gasteiger partial charge >= 0.3 is 6.03 Å². The minimum absolute atomic E-state index is 0.0132. The molecule has 2 aromatic rings. The molecule has 2 N–H and O–H groups in total. The maximum absolute atomic E-state index is 12.6. The van der Waals surface area contributed by atoms with Crippen LogP contribution < -0.4 is 10.6 Å². The summed E-state index contributed by atoms with van der Waals surface area (Å²) in [6, 6.07) is 18.2. The summed E-state index contributed by atoms with van der Waals surface area (Å²) in [5.74, 6) is -0.0170. The minimum Gasteiger partial charge on any atom is -0.385 e. The smallest absolute Gasteiger partial charge is 0.319 e. The molecule has 6 heteroatoms. The molecule has 3 amide bonds. The first-order valence-electron chi connectivity index (χ1n) is 10.2. The second-order valence-electron chi connectivity index (χ2n) is 7.67. The lowest BCUT2D eigenvalue weighted by Gasteiger charge is -2.33. The highest BCUT2D eigenvalue weighted by atomic mass is 16.2. The van der Waals surface area contributed by atoms with Crippen molar-refractivity contribution in [1.82, 2.24) is 9.80 Å².